The summed E-state index contributed by atoms with van der Waals surface area (Å²) in [5.41, 5.74) is 10.4. The summed E-state index contributed by atoms with van der Waals surface area (Å²) in [6.07, 6.45) is 0. The van der Waals surface area contributed by atoms with E-state index in [1.54, 1.807) is 0 Å². The summed E-state index contributed by atoms with van der Waals surface area (Å²) in [5.74, 6) is 1.14. The third-order valence-corrected chi connectivity index (χ3v) is 15.6. The minimum absolute atomic E-state index is 0.566. The van der Waals surface area contributed by atoms with Gasteiger partial charge in [0.1, 0.15) is 0 Å². The fraction of sp³-hybridized carbons (Fsp3) is 0.0137. The molecule has 11 aromatic carbocycles. The average molecular weight is 1010 g/mol. The summed E-state index contributed by atoms with van der Waals surface area (Å²) < 4.78 is 4.59. The van der Waals surface area contributed by atoms with Crippen molar-refractivity contribution in [1.29, 1.82) is 0 Å². The van der Waals surface area contributed by atoms with Gasteiger partial charge in [0.05, 0.1) is 44.5 Å². The van der Waals surface area contributed by atoms with E-state index in [1.165, 1.54) is 0 Å². The number of nitrogens with zero attached hydrogens (tertiary/aromatic N) is 6. The second-order valence-corrected chi connectivity index (χ2v) is 20.2. The molecule has 0 fully saturated rings. The van der Waals surface area contributed by atoms with Crippen LogP contribution < -0.4 is 0 Å². The normalized spacial score (nSPS) is 11.6. The number of aryl methyl sites for hydroxylation is 1. The zero-order chi connectivity index (χ0) is 52.4. The molecule has 4 heterocycles. The molecule has 0 atom stereocenters. The molecule has 0 aliphatic heterocycles. The van der Waals surface area contributed by atoms with Gasteiger partial charge >= 0.3 is 0 Å². The van der Waals surface area contributed by atoms with Crippen molar-refractivity contribution in [1.82, 2.24) is 29.1 Å². The number of hydrogen-bond donors (Lipinski definition) is 0. The van der Waals surface area contributed by atoms with Crippen LogP contribution in [-0.2, 0) is 0 Å². The first-order valence-electron chi connectivity index (χ1n) is 26.8. The standard InChI is InChI=1S/C73H48N6/c1-47-55-33-14-12-23-48-24-13-20-41-65(48)78(72-74-63-39-18-15-35-59(63)70(76-72)49-25-4-2-5-26-49)68-46-54-32-11-9-30-52(54)44-62(68)58-38-22-37-57(69(47)58)56-34-17-21-42-66(56)79(67-45-53-31-10-8-29-51(53)43-61(55)67)73-75-64-40-19-16-36-60(64)71(77-73)50-27-6-3-7-28-50/h2-46H,1H3. The van der Waals surface area contributed by atoms with Crippen molar-refractivity contribution in [3.63, 3.8) is 0 Å². The highest BCUT2D eigenvalue weighted by Crippen LogP contribution is 2.40. The van der Waals surface area contributed by atoms with E-state index in [0.717, 1.165) is 137 Å². The van der Waals surface area contributed by atoms with Crippen LogP contribution in [0.2, 0.25) is 0 Å². The second kappa shape index (κ2) is 18.9. The van der Waals surface area contributed by atoms with Crippen molar-refractivity contribution in [2.45, 2.75) is 6.92 Å². The van der Waals surface area contributed by atoms with Crippen molar-refractivity contribution >= 4 is 109 Å². The van der Waals surface area contributed by atoms with Crippen LogP contribution in [0.5, 0.6) is 0 Å². The van der Waals surface area contributed by atoms with E-state index >= 15 is 0 Å². The number of hydrogen-bond acceptors (Lipinski definition) is 4. The molecule has 15 aromatic rings. The van der Waals surface area contributed by atoms with Gasteiger partial charge in [-0.15, -0.1) is 0 Å². The lowest BCUT2D eigenvalue weighted by Crippen LogP contribution is -2.05. The highest BCUT2D eigenvalue weighted by molar-refractivity contribution is 6.22. The minimum atomic E-state index is 0.566. The van der Waals surface area contributed by atoms with Crippen LogP contribution >= 0.6 is 0 Å². The lowest BCUT2D eigenvalue weighted by molar-refractivity contribution is 1.01. The lowest BCUT2D eigenvalue weighted by Gasteiger charge is -2.16. The molecule has 6 heteroatoms. The summed E-state index contributed by atoms with van der Waals surface area (Å²) in [7, 11) is 0. The Morgan fingerprint density at radius 2 is 0.620 bits per heavy atom. The van der Waals surface area contributed by atoms with E-state index in [0.29, 0.717) is 11.9 Å². The Morgan fingerprint density at radius 1 is 0.253 bits per heavy atom. The number of rotatable bonds is 4. The SMILES string of the molecule is Cc1c2ccccc3ccccc3n(-c3nc(-c4ccccc4)c4ccccc4n3)c3cc4ccccc4cc3c3cccc(c4ccccc4n(-c4nc(-c5ccccc5)c5ccccc5n4)c4cc5ccccc5cc24)c13. The first-order chi connectivity index (χ1) is 39.1. The molecule has 0 unspecified atom stereocenters. The van der Waals surface area contributed by atoms with Gasteiger partial charge in [-0.25, -0.2) is 19.9 Å². The van der Waals surface area contributed by atoms with E-state index in [9.17, 15) is 0 Å². The van der Waals surface area contributed by atoms with Crippen LogP contribution in [0.3, 0.4) is 0 Å². The summed E-state index contributed by atoms with van der Waals surface area (Å²) in [4.78, 5) is 22.3. The molecule has 370 valence electrons. The third kappa shape index (κ3) is 7.80. The zero-order valence-electron chi connectivity index (χ0n) is 43.2. The second-order valence-electron chi connectivity index (χ2n) is 20.2. The molecule has 0 saturated heterocycles. The Hall–Kier alpha value is -10.6. The van der Waals surface area contributed by atoms with Gasteiger partial charge < -0.3 is 0 Å². The maximum absolute atomic E-state index is 5.63. The van der Waals surface area contributed by atoms with Crippen LogP contribution in [0.15, 0.2) is 273 Å². The highest BCUT2D eigenvalue weighted by atomic mass is 15.2. The number of benzene rings is 11. The average Bonchev–Trinajstić information content (AvgIpc) is 3.90. The fourth-order valence-corrected chi connectivity index (χ4v) is 11.9. The molecule has 0 amide bonds. The largest absolute Gasteiger partial charge is 0.278 e. The first-order valence-corrected chi connectivity index (χ1v) is 26.8. The molecule has 0 aliphatic rings. The Kier molecular flexibility index (Phi) is 11.0. The Labute approximate surface area is 455 Å². The van der Waals surface area contributed by atoms with Gasteiger partial charge in [-0.3, -0.25) is 9.13 Å². The lowest BCUT2D eigenvalue weighted by atomic mass is 9.95. The van der Waals surface area contributed by atoms with Crippen molar-refractivity contribution in [2.75, 3.05) is 0 Å². The first kappa shape index (κ1) is 45.8. The zero-order valence-corrected chi connectivity index (χ0v) is 43.2. The molecule has 6 nitrogen and oxygen atoms in total. The number of para-hydroxylation sites is 4. The molecule has 0 N–H and O–H groups in total. The predicted molar refractivity (Wildman–Crippen MR) is 331 cm³/mol. The molecule has 0 aliphatic carbocycles. The van der Waals surface area contributed by atoms with Gasteiger partial charge in [-0.05, 0) is 109 Å². The molecule has 0 saturated carbocycles. The summed E-state index contributed by atoms with van der Waals surface area (Å²) >= 11 is 0. The van der Waals surface area contributed by atoms with E-state index in [2.05, 4.69) is 289 Å². The maximum Gasteiger partial charge on any atom is 0.235 e. The summed E-state index contributed by atoms with van der Waals surface area (Å²) in [6, 6.07) is 97.4. The van der Waals surface area contributed by atoms with Gasteiger partial charge in [0.25, 0.3) is 0 Å². The molecule has 79 heavy (non-hydrogen) atoms. The van der Waals surface area contributed by atoms with Gasteiger partial charge in [-0.1, -0.05) is 224 Å². The van der Waals surface area contributed by atoms with Crippen molar-refractivity contribution in [2.24, 2.45) is 0 Å². The van der Waals surface area contributed by atoms with Gasteiger partial charge in [0.2, 0.25) is 11.9 Å². The van der Waals surface area contributed by atoms with Crippen LogP contribution in [0.1, 0.15) is 5.56 Å². The Bertz CT molecular complexity index is 5160. The monoisotopic (exact) mass is 1010 g/mol. The van der Waals surface area contributed by atoms with Crippen LogP contribution in [0.25, 0.3) is 143 Å². The van der Waals surface area contributed by atoms with Crippen molar-refractivity contribution in [3.8, 4) is 34.4 Å². The molecule has 0 radical (unpaired) electrons. The molecular weight excluding hydrogens is 961 g/mol. The van der Waals surface area contributed by atoms with Crippen molar-refractivity contribution < 1.29 is 0 Å². The predicted octanol–water partition coefficient (Wildman–Crippen LogP) is 18.8. The Morgan fingerprint density at radius 3 is 1.15 bits per heavy atom. The summed E-state index contributed by atoms with van der Waals surface area (Å²) in [5, 5.41) is 14.9. The van der Waals surface area contributed by atoms with Crippen molar-refractivity contribution in [3.05, 3.63) is 279 Å². The van der Waals surface area contributed by atoms with E-state index < -0.39 is 0 Å². The molecule has 0 spiro atoms. The molecule has 15 rings (SSSR count). The summed E-state index contributed by atoms with van der Waals surface area (Å²) in [6.45, 7) is 2.30. The molecule has 2 bridgehead atoms. The topological polar surface area (TPSA) is 61.4 Å². The van der Waals surface area contributed by atoms with Gasteiger partial charge in [-0.2, -0.15) is 0 Å². The highest BCUT2D eigenvalue weighted by Gasteiger charge is 2.20. The van der Waals surface area contributed by atoms with Gasteiger partial charge in [0, 0.05) is 38.1 Å². The molecule has 4 aromatic heterocycles. The quantitative estimate of drug-likeness (QED) is 0.176. The minimum Gasteiger partial charge on any atom is -0.278 e. The van der Waals surface area contributed by atoms with Crippen LogP contribution in [-0.4, -0.2) is 29.1 Å². The Balaban J connectivity index is 1.22. The van der Waals surface area contributed by atoms with Crippen LogP contribution in [0, 0.1) is 6.92 Å². The van der Waals surface area contributed by atoms with E-state index in [4.69, 9.17) is 19.9 Å². The number of fused-ring (bicyclic) bond motifs is 12. The maximum atomic E-state index is 5.63. The van der Waals surface area contributed by atoms with Crippen LogP contribution in [0.4, 0.5) is 0 Å². The number of aromatic nitrogens is 6. The van der Waals surface area contributed by atoms with E-state index in [1.807, 2.05) is 0 Å². The fourth-order valence-electron chi connectivity index (χ4n) is 11.9. The molecular formula is C73H48N6. The smallest absolute Gasteiger partial charge is 0.235 e. The third-order valence-electron chi connectivity index (χ3n) is 15.6. The van der Waals surface area contributed by atoms with Gasteiger partial charge in [0.15, 0.2) is 0 Å². The van der Waals surface area contributed by atoms with E-state index in [-0.39, 0.29) is 0 Å².